The van der Waals surface area contributed by atoms with Crippen molar-refractivity contribution in [2.75, 3.05) is 14.2 Å². The normalized spacial score (nSPS) is 23.5. The fraction of sp³-hybridized carbons (Fsp3) is 0.529. The molecule has 24 heavy (non-hydrogen) atoms. The predicted molar refractivity (Wildman–Crippen MR) is 89.5 cm³/mol. The number of rotatable bonds is 6. The molecule has 1 amide bonds. The van der Waals surface area contributed by atoms with Gasteiger partial charge in [-0.05, 0) is 37.8 Å². The summed E-state index contributed by atoms with van der Waals surface area (Å²) in [4.78, 5) is 24.2. The molecule has 0 unspecified atom stereocenters. The van der Waals surface area contributed by atoms with Crippen molar-refractivity contribution in [2.24, 2.45) is 0 Å². The van der Waals surface area contributed by atoms with Crippen LogP contribution in [0.4, 0.5) is 0 Å². The van der Waals surface area contributed by atoms with E-state index in [9.17, 15) is 14.7 Å². The van der Waals surface area contributed by atoms with Crippen molar-refractivity contribution in [3.8, 4) is 5.75 Å². The van der Waals surface area contributed by atoms with Gasteiger partial charge in [-0.15, -0.1) is 0 Å². The molecule has 7 heteroatoms. The number of hydrogen-bond donors (Lipinski definition) is 2. The maximum Gasteiger partial charge on any atom is 0.329 e. The van der Waals surface area contributed by atoms with E-state index >= 15 is 0 Å². The lowest BCUT2D eigenvalue weighted by Crippen LogP contribution is -2.57. The molecule has 1 aliphatic rings. The highest BCUT2D eigenvalue weighted by Crippen LogP contribution is 2.31. The van der Waals surface area contributed by atoms with Crippen molar-refractivity contribution < 1.29 is 24.2 Å². The molecule has 6 nitrogen and oxygen atoms in total. The molecule has 0 heterocycles. The summed E-state index contributed by atoms with van der Waals surface area (Å²) in [7, 11) is 3.11. The Balaban J connectivity index is 2.11. The minimum atomic E-state index is -1.25. The van der Waals surface area contributed by atoms with Crippen molar-refractivity contribution in [1.82, 2.24) is 5.32 Å². The zero-order valence-electron chi connectivity index (χ0n) is 13.8. The van der Waals surface area contributed by atoms with Gasteiger partial charge in [0.2, 0.25) is 5.91 Å². The van der Waals surface area contributed by atoms with Crippen LogP contribution in [-0.4, -0.2) is 42.8 Å². The lowest BCUT2D eigenvalue weighted by atomic mass is 9.80. The van der Waals surface area contributed by atoms with E-state index in [-0.39, 0.29) is 18.4 Å². The minimum Gasteiger partial charge on any atom is -0.496 e. The van der Waals surface area contributed by atoms with Crippen LogP contribution in [-0.2, 0) is 20.7 Å². The number of hydrogen-bond acceptors (Lipinski definition) is 4. The number of amides is 1. The molecule has 1 fully saturated rings. The zero-order chi connectivity index (χ0) is 17.7. The molecule has 0 saturated heterocycles. The first-order chi connectivity index (χ1) is 11.4. The summed E-state index contributed by atoms with van der Waals surface area (Å²) in [6.07, 6.45) is 1.87. The van der Waals surface area contributed by atoms with Crippen molar-refractivity contribution in [3.05, 3.63) is 28.8 Å². The number of carbonyl (C=O) groups excluding carboxylic acids is 1. The summed E-state index contributed by atoms with van der Waals surface area (Å²) in [5.41, 5.74) is -0.703. The molecule has 0 aromatic heterocycles. The molecule has 1 aliphatic carbocycles. The van der Waals surface area contributed by atoms with Crippen LogP contribution >= 0.6 is 11.6 Å². The molecule has 1 aromatic carbocycles. The maximum absolute atomic E-state index is 12.4. The molecule has 0 radical (unpaired) electrons. The van der Waals surface area contributed by atoms with Gasteiger partial charge in [-0.1, -0.05) is 17.7 Å². The average Bonchev–Trinajstić information content (AvgIpc) is 2.57. The highest BCUT2D eigenvalue weighted by atomic mass is 35.5. The van der Waals surface area contributed by atoms with Crippen LogP contribution in [0.3, 0.4) is 0 Å². The van der Waals surface area contributed by atoms with Crippen LogP contribution in [0, 0.1) is 0 Å². The lowest BCUT2D eigenvalue weighted by molar-refractivity contribution is -0.150. The molecule has 0 atom stereocenters. The molecule has 1 aromatic rings. The molecule has 0 spiro atoms. The summed E-state index contributed by atoms with van der Waals surface area (Å²) < 4.78 is 10.5. The number of aliphatic carboxylic acids is 1. The van der Waals surface area contributed by atoms with E-state index < -0.39 is 11.5 Å². The quantitative estimate of drug-likeness (QED) is 0.818. The first-order valence-electron chi connectivity index (χ1n) is 7.80. The third-order valence-electron chi connectivity index (χ3n) is 4.54. The summed E-state index contributed by atoms with van der Waals surface area (Å²) >= 11 is 6.14. The standard InChI is InChI=1S/C17H22ClNO5/c1-23-11-6-8-17(9-7-11,16(21)22)19-15(20)10-12-13(18)4-3-5-14(12)24-2/h3-5,11H,6-10H2,1-2H3,(H,19,20)(H,21,22). The van der Waals surface area contributed by atoms with E-state index in [2.05, 4.69) is 5.32 Å². The van der Waals surface area contributed by atoms with Crippen molar-refractivity contribution in [2.45, 2.75) is 43.7 Å². The fourth-order valence-electron chi connectivity index (χ4n) is 3.09. The van der Waals surface area contributed by atoms with Gasteiger partial charge in [0.15, 0.2) is 0 Å². The largest absolute Gasteiger partial charge is 0.496 e. The third-order valence-corrected chi connectivity index (χ3v) is 4.89. The molecular formula is C17H22ClNO5. The van der Waals surface area contributed by atoms with Crippen molar-refractivity contribution in [1.29, 1.82) is 0 Å². The monoisotopic (exact) mass is 355 g/mol. The van der Waals surface area contributed by atoms with Crippen molar-refractivity contribution in [3.63, 3.8) is 0 Å². The summed E-state index contributed by atoms with van der Waals surface area (Å²) in [5, 5.41) is 12.7. The fourth-order valence-corrected chi connectivity index (χ4v) is 3.32. The van der Waals surface area contributed by atoms with Gasteiger partial charge in [0, 0.05) is 17.7 Å². The zero-order valence-corrected chi connectivity index (χ0v) is 14.6. The van der Waals surface area contributed by atoms with Crippen LogP contribution in [0.5, 0.6) is 5.75 Å². The van der Waals surface area contributed by atoms with Gasteiger partial charge in [-0.25, -0.2) is 4.79 Å². The number of benzene rings is 1. The maximum atomic E-state index is 12.4. The van der Waals surface area contributed by atoms with Crippen LogP contribution in [0.1, 0.15) is 31.2 Å². The Morgan fingerprint density at radius 3 is 2.54 bits per heavy atom. The smallest absolute Gasteiger partial charge is 0.329 e. The Kier molecular flexibility index (Phi) is 6.07. The van der Waals surface area contributed by atoms with Gasteiger partial charge in [0.05, 0.1) is 19.6 Å². The van der Waals surface area contributed by atoms with Gasteiger partial charge >= 0.3 is 5.97 Å². The Hall–Kier alpha value is -1.79. The first-order valence-corrected chi connectivity index (χ1v) is 8.18. The van der Waals surface area contributed by atoms with E-state index in [1.54, 1.807) is 25.3 Å². The van der Waals surface area contributed by atoms with E-state index in [4.69, 9.17) is 21.1 Å². The number of carboxylic acids is 1. The number of nitrogens with one attached hydrogen (secondary N) is 1. The summed E-state index contributed by atoms with van der Waals surface area (Å²) in [5.74, 6) is -0.902. The number of carbonyl (C=O) groups is 2. The van der Waals surface area contributed by atoms with Crippen LogP contribution in [0.2, 0.25) is 5.02 Å². The van der Waals surface area contributed by atoms with E-state index in [0.29, 0.717) is 42.0 Å². The Labute approximate surface area is 146 Å². The van der Waals surface area contributed by atoms with Gasteiger partial charge in [-0.3, -0.25) is 4.79 Å². The number of carboxylic acid groups (broad SMARTS) is 1. The van der Waals surface area contributed by atoms with Gasteiger partial charge in [-0.2, -0.15) is 0 Å². The second kappa shape index (κ2) is 7.85. The summed E-state index contributed by atoms with van der Waals surface area (Å²) in [6, 6.07) is 5.11. The Morgan fingerprint density at radius 1 is 1.33 bits per heavy atom. The molecule has 2 N–H and O–H groups in total. The van der Waals surface area contributed by atoms with Crippen LogP contribution < -0.4 is 10.1 Å². The lowest BCUT2D eigenvalue weighted by Gasteiger charge is -2.37. The van der Waals surface area contributed by atoms with E-state index in [0.717, 1.165) is 0 Å². The van der Waals surface area contributed by atoms with Gasteiger partial charge in [0.1, 0.15) is 11.3 Å². The molecule has 2 rings (SSSR count). The number of halogens is 1. The van der Waals surface area contributed by atoms with Crippen LogP contribution in [0.25, 0.3) is 0 Å². The molecule has 0 aliphatic heterocycles. The molecule has 1 saturated carbocycles. The molecule has 132 valence electrons. The highest BCUT2D eigenvalue weighted by molar-refractivity contribution is 6.31. The highest BCUT2D eigenvalue weighted by Gasteiger charge is 2.43. The second-order valence-electron chi connectivity index (χ2n) is 5.97. The average molecular weight is 356 g/mol. The minimum absolute atomic E-state index is 0.0361. The van der Waals surface area contributed by atoms with Crippen molar-refractivity contribution >= 4 is 23.5 Å². The Morgan fingerprint density at radius 2 is 2.00 bits per heavy atom. The Bertz CT molecular complexity index is 611. The number of ether oxygens (including phenoxy) is 2. The second-order valence-corrected chi connectivity index (χ2v) is 6.38. The van der Waals surface area contributed by atoms with Gasteiger partial charge < -0.3 is 19.9 Å². The predicted octanol–water partition coefficient (Wildman–Crippen LogP) is 2.42. The van der Waals surface area contributed by atoms with Crippen LogP contribution in [0.15, 0.2) is 18.2 Å². The molecule has 0 bridgehead atoms. The number of methoxy groups -OCH3 is 2. The molecular weight excluding hydrogens is 334 g/mol. The SMILES string of the molecule is COc1cccc(Cl)c1CC(=O)NC1(C(=O)O)CCC(OC)CC1. The summed E-state index contributed by atoms with van der Waals surface area (Å²) in [6.45, 7) is 0. The van der Waals surface area contributed by atoms with E-state index in [1.165, 1.54) is 7.11 Å². The first kappa shape index (κ1) is 18.5. The van der Waals surface area contributed by atoms with Gasteiger partial charge in [0.25, 0.3) is 0 Å². The topological polar surface area (TPSA) is 84.9 Å². The van der Waals surface area contributed by atoms with E-state index in [1.807, 2.05) is 0 Å². The third kappa shape index (κ3) is 3.99.